The molecule has 3 rings (SSSR count). The Morgan fingerprint density at radius 1 is 0.938 bits per heavy atom. The summed E-state index contributed by atoms with van der Waals surface area (Å²) in [7, 11) is 1.39. The first-order chi connectivity index (χ1) is 22.5. The maximum absolute atomic E-state index is 13.5. The molecule has 0 spiro atoms. The number of carbonyl (C=O) groups is 2. The minimum absolute atomic E-state index is 0.208. The first-order valence-electron chi connectivity index (χ1n) is 16.0. The summed E-state index contributed by atoms with van der Waals surface area (Å²) in [6.07, 6.45) is -26.0. The zero-order chi connectivity index (χ0) is 35.9. The number of aliphatic hydroxyl groups excluding tert-OH is 5. The van der Waals surface area contributed by atoms with Crippen LogP contribution in [0.1, 0.15) is 52.4 Å². The van der Waals surface area contributed by atoms with Crippen LogP contribution in [-0.2, 0) is 33.3 Å². The van der Waals surface area contributed by atoms with E-state index in [4.69, 9.17) is 23.7 Å². The maximum atomic E-state index is 13.5. The van der Waals surface area contributed by atoms with Crippen LogP contribution in [0.4, 0.5) is 22.0 Å². The van der Waals surface area contributed by atoms with E-state index in [-0.39, 0.29) is 18.9 Å². The molecule has 0 radical (unpaired) electrons. The van der Waals surface area contributed by atoms with E-state index < -0.39 is 123 Å². The number of hydrogen-bond donors (Lipinski definition) is 7. The van der Waals surface area contributed by atoms with Crippen molar-refractivity contribution in [3.8, 4) is 0 Å². The molecule has 19 heteroatoms. The van der Waals surface area contributed by atoms with E-state index in [0.717, 1.165) is 0 Å². The molecule has 13 unspecified atom stereocenters. The molecule has 1 aliphatic carbocycles. The molecule has 3 fully saturated rings. The predicted octanol–water partition coefficient (Wildman–Crippen LogP) is -0.493. The fourth-order valence-electron chi connectivity index (χ4n) is 6.24. The first-order valence-corrected chi connectivity index (χ1v) is 16.0. The van der Waals surface area contributed by atoms with Crippen LogP contribution in [0.25, 0.3) is 0 Å². The van der Waals surface area contributed by atoms with E-state index in [2.05, 4.69) is 5.32 Å². The van der Waals surface area contributed by atoms with Crippen molar-refractivity contribution in [2.24, 2.45) is 5.92 Å². The van der Waals surface area contributed by atoms with E-state index in [1.165, 1.54) is 14.0 Å². The minimum atomic E-state index is -5.44. The summed E-state index contributed by atoms with van der Waals surface area (Å²) in [5, 5.41) is 56.2. The normalized spacial score (nSPS) is 38.5. The Morgan fingerprint density at radius 2 is 1.62 bits per heavy atom. The molecule has 2 heterocycles. The Labute approximate surface area is 274 Å². The van der Waals surface area contributed by atoms with Crippen LogP contribution >= 0.6 is 0 Å². The Bertz CT molecular complexity index is 1030. The summed E-state index contributed by atoms with van der Waals surface area (Å²) in [6.45, 7) is 1.98. The lowest BCUT2D eigenvalue weighted by Gasteiger charge is -2.48. The molecule has 280 valence electrons. The van der Waals surface area contributed by atoms with Gasteiger partial charge in [0.25, 0.3) is 0 Å². The van der Waals surface area contributed by atoms with E-state index in [1.807, 2.05) is 6.92 Å². The average molecular weight is 711 g/mol. The lowest BCUT2D eigenvalue weighted by Crippen LogP contribution is -2.68. The van der Waals surface area contributed by atoms with Crippen molar-refractivity contribution in [3.05, 3.63) is 0 Å². The summed E-state index contributed by atoms with van der Waals surface area (Å²) >= 11 is 0. The summed E-state index contributed by atoms with van der Waals surface area (Å²) in [6, 6.07) is -2.00. The van der Waals surface area contributed by atoms with Gasteiger partial charge in [-0.2, -0.15) is 13.2 Å². The number of Topliss-reactive ketones (excluding diaryl/α,β-unsaturated/α-hetero) is 1. The molecule has 48 heavy (non-hydrogen) atoms. The van der Waals surface area contributed by atoms with Gasteiger partial charge in [0.15, 0.2) is 18.4 Å². The Kier molecular flexibility index (Phi) is 15.3. The van der Waals surface area contributed by atoms with Crippen molar-refractivity contribution >= 4 is 11.7 Å². The number of alkyl halides is 5. The van der Waals surface area contributed by atoms with Gasteiger partial charge in [-0.25, -0.2) is 8.78 Å². The van der Waals surface area contributed by atoms with Crippen LogP contribution in [-0.4, -0.2) is 150 Å². The summed E-state index contributed by atoms with van der Waals surface area (Å²) in [5.74, 6) is -3.54. The van der Waals surface area contributed by atoms with E-state index >= 15 is 0 Å². The number of carbonyl (C=O) groups excluding carboxylic acids is 2. The SMILES string of the molecule is CCC1CCCC(OC2OC(CO)C(O)C(O[C@@H](CCC(F)F)C(=O)CNC)C2NC(=O)C(F)(F)F)C1OC1OC(C)C(O)C(O)C1O. The number of nitrogens with one attached hydrogen (secondary N) is 2. The van der Waals surface area contributed by atoms with Gasteiger partial charge in [0, 0.05) is 6.42 Å². The average Bonchev–Trinajstić information content (AvgIpc) is 3.03. The van der Waals surface area contributed by atoms with Gasteiger partial charge in [0.2, 0.25) is 6.43 Å². The third-order valence-electron chi connectivity index (χ3n) is 8.91. The molecule has 0 aromatic carbocycles. The quantitative estimate of drug-likeness (QED) is 0.107. The first kappa shape index (κ1) is 40.8. The van der Waals surface area contributed by atoms with E-state index in [1.54, 1.807) is 5.32 Å². The van der Waals surface area contributed by atoms with Crippen molar-refractivity contribution in [3.63, 3.8) is 0 Å². The number of ether oxygens (including phenoxy) is 5. The molecule has 0 aromatic heterocycles. The van der Waals surface area contributed by atoms with Gasteiger partial charge < -0.3 is 59.9 Å². The minimum Gasteiger partial charge on any atom is -0.394 e. The lowest BCUT2D eigenvalue weighted by molar-refractivity contribution is -0.337. The molecule has 2 saturated heterocycles. The highest BCUT2D eigenvalue weighted by atomic mass is 19.4. The topological polar surface area (TPSA) is 205 Å². The van der Waals surface area contributed by atoms with Crippen molar-refractivity contribution in [1.29, 1.82) is 0 Å². The lowest BCUT2D eigenvalue weighted by atomic mass is 9.82. The number of aliphatic hydroxyl groups is 5. The van der Waals surface area contributed by atoms with Gasteiger partial charge in [-0.15, -0.1) is 0 Å². The van der Waals surface area contributed by atoms with Crippen LogP contribution in [0.2, 0.25) is 0 Å². The zero-order valence-corrected chi connectivity index (χ0v) is 26.8. The fourth-order valence-corrected chi connectivity index (χ4v) is 6.24. The van der Waals surface area contributed by atoms with Gasteiger partial charge in [-0.05, 0) is 39.2 Å². The molecule has 0 bridgehead atoms. The van der Waals surface area contributed by atoms with Gasteiger partial charge in [0.1, 0.15) is 48.8 Å². The number of hydrogen-bond acceptors (Lipinski definition) is 13. The highest BCUT2D eigenvalue weighted by molar-refractivity contribution is 5.85. The molecule has 7 N–H and O–H groups in total. The Morgan fingerprint density at radius 3 is 2.21 bits per heavy atom. The molecular formula is C29H47F5N2O12. The predicted molar refractivity (Wildman–Crippen MR) is 152 cm³/mol. The Balaban J connectivity index is 1.98. The van der Waals surface area contributed by atoms with Crippen LogP contribution in [0, 0.1) is 5.92 Å². The summed E-state index contributed by atoms with van der Waals surface area (Å²) in [5.41, 5.74) is 0. The Hall–Kier alpha value is -1.65. The van der Waals surface area contributed by atoms with E-state index in [0.29, 0.717) is 19.3 Å². The highest BCUT2D eigenvalue weighted by Gasteiger charge is 2.53. The van der Waals surface area contributed by atoms with Gasteiger partial charge >= 0.3 is 12.1 Å². The molecule has 3 aliphatic rings. The molecule has 2 aliphatic heterocycles. The summed E-state index contributed by atoms with van der Waals surface area (Å²) < 4.78 is 96.0. The molecular weight excluding hydrogens is 663 g/mol. The molecule has 14 atom stereocenters. The monoisotopic (exact) mass is 710 g/mol. The number of halogens is 5. The maximum Gasteiger partial charge on any atom is 0.471 e. The molecule has 0 aromatic rings. The van der Waals surface area contributed by atoms with Crippen LogP contribution in [0.3, 0.4) is 0 Å². The van der Waals surface area contributed by atoms with Gasteiger partial charge in [0.05, 0.1) is 31.5 Å². The van der Waals surface area contributed by atoms with Gasteiger partial charge in [-0.3, -0.25) is 9.59 Å². The largest absolute Gasteiger partial charge is 0.471 e. The molecule has 1 saturated carbocycles. The third kappa shape index (κ3) is 10.2. The smallest absolute Gasteiger partial charge is 0.394 e. The fraction of sp³-hybridized carbons (Fsp3) is 0.931. The second-order valence-electron chi connectivity index (χ2n) is 12.3. The second kappa shape index (κ2) is 18.0. The summed E-state index contributed by atoms with van der Waals surface area (Å²) in [4.78, 5) is 25.0. The number of ketones is 1. The van der Waals surface area contributed by atoms with Crippen molar-refractivity contribution in [2.75, 3.05) is 20.2 Å². The number of rotatable bonds is 15. The zero-order valence-electron chi connectivity index (χ0n) is 26.8. The van der Waals surface area contributed by atoms with E-state index in [9.17, 15) is 57.1 Å². The van der Waals surface area contributed by atoms with Crippen LogP contribution in [0.15, 0.2) is 0 Å². The van der Waals surface area contributed by atoms with Crippen LogP contribution in [0.5, 0.6) is 0 Å². The third-order valence-corrected chi connectivity index (χ3v) is 8.91. The van der Waals surface area contributed by atoms with Crippen molar-refractivity contribution in [1.82, 2.24) is 10.6 Å². The standard InChI is InChI=1S/C29H47F5N2O12/c1-4-13-6-5-7-16(24(13)48-27-23(42)22(41)20(39)12(2)44-27)46-26-19(36-28(43)29(32,33)34)25(21(40)17(11-37)47-26)45-15(8-9-18(30)31)14(38)10-35-3/h12-13,15-27,35,37,39-42H,4-11H2,1-3H3,(H,36,43)/t12?,13?,15-,16?,17?,19?,20?,21?,22?,23?,24?,25?,26?,27?/m0/s1. The second-order valence-corrected chi connectivity index (χ2v) is 12.3. The molecule has 14 nitrogen and oxygen atoms in total. The van der Waals surface area contributed by atoms with Crippen molar-refractivity contribution < 1.29 is 80.8 Å². The molecule has 1 amide bonds. The van der Waals surface area contributed by atoms with Crippen molar-refractivity contribution in [2.45, 2.75) is 145 Å². The number of likely N-dealkylation sites (N-methyl/N-ethyl adjacent to an activating group) is 1. The van der Waals surface area contributed by atoms with Crippen LogP contribution < -0.4 is 10.6 Å². The number of amides is 1. The van der Waals surface area contributed by atoms with Gasteiger partial charge in [-0.1, -0.05) is 19.8 Å². The highest BCUT2D eigenvalue weighted by Crippen LogP contribution is 2.37.